The van der Waals surface area contributed by atoms with Crippen LogP contribution in [0.4, 0.5) is 5.13 Å². The molecule has 2 aliphatic carbocycles. The van der Waals surface area contributed by atoms with Crippen molar-refractivity contribution < 1.29 is 9.59 Å². The molecule has 2 heterocycles. The van der Waals surface area contributed by atoms with E-state index in [-0.39, 0.29) is 17.7 Å². The van der Waals surface area contributed by atoms with Crippen LogP contribution in [-0.2, 0) is 22.4 Å². The maximum Gasteiger partial charge on any atom is 0.225 e. The number of hydrogen-bond donors (Lipinski definition) is 1. The van der Waals surface area contributed by atoms with Crippen molar-refractivity contribution in [3.63, 3.8) is 0 Å². The zero-order valence-electron chi connectivity index (χ0n) is 13.9. The van der Waals surface area contributed by atoms with Gasteiger partial charge in [-0.3, -0.25) is 9.59 Å². The summed E-state index contributed by atoms with van der Waals surface area (Å²) in [4.78, 5) is 34.1. The highest BCUT2D eigenvalue weighted by Crippen LogP contribution is 2.35. The normalized spacial score (nSPS) is 24.4. The fourth-order valence-corrected chi connectivity index (χ4v) is 5.01. The third-order valence-corrected chi connectivity index (χ3v) is 6.83. The summed E-state index contributed by atoms with van der Waals surface area (Å²) in [7, 11) is 0. The summed E-state index contributed by atoms with van der Waals surface area (Å²) in [5.41, 5.74) is 6.59. The summed E-state index contributed by atoms with van der Waals surface area (Å²) in [5, 5.41) is 1.04. The van der Waals surface area contributed by atoms with Gasteiger partial charge in [-0.1, -0.05) is 6.42 Å². The van der Waals surface area contributed by atoms with Gasteiger partial charge in [0.1, 0.15) is 0 Å². The van der Waals surface area contributed by atoms with Crippen LogP contribution in [0.15, 0.2) is 0 Å². The van der Waals surface area contributed by atoms with Crippen molar-refractivity contribution >= 4 is 28.3 Å². The van der Waals surface area contributed by atoms with Gasteiger partial charge < -0.3 is 15.5 Å². The zero-order chi connectivity index (χ0) is 16.7. The lowest BCUT2D eigenvalue weighted by molar-refractivity contribution is -0.138. The molecule has 2 amide bonds. The minimum absolute atomic E-state index is 0.0391. The largest absolute Gasteiger partial charge is 0.369 e. The van der Waals surface area contributed by atoms with Gasteiger partial charge >= 0.3 is 0 Å². The number of aryl methyl sites for hydroxylation is 1. The second-order valence-electron chi connectivity index (χ2n) is 7.15. The minimum atomic E-state index is -0.196. The molecule has 0 aromatic carbocycles. The lowest BCUT2D eigenvalue weighted by Crippen LogP contribution is -2.51. The van der Waals surface area contributed by atoms with E-state index >= 15 is 0 Å². The Hall–Kier alpha value is -1.63. The van der Waals surface area contributed by atoms with Crippen LogP contribution in [0, 0.1) is 11.8 Å². The van der Waals surface area contributed by atoms with E-state index in [2.05, 4.69) is 4.90 Å². The topological polar surface area (TPSA) is 79.5 Å². The van der Waals surface area contributed by atoms with Crippen molar-refractivity contribution in [3.05, 3.63) is 10.6 Å². The summed E-state index contributed by atoms with van der Waals surface area (Å²) in [6.45, 7) is 3.29. The number of nitrogens with two attached hydrogens (primary N) is 1. The van der Waals surface area contributed by atoms with Crippen LogP contribution in [0.25, 0.3) is 0 Å². The Kier molecular flexibility index (Phi) is 4.20. The first-order valence-corrected chi connectivity index (χ1v) is 9.75. The molecule has 6 nitrogen and oxygen atoms in total. The molecule has 130 valence electrons. The third-order valence-electron chi connectivity index (χ3n) is 5.65. The number of carbonyl (C=O) groups excluding carboxylic acids is 2. The molecule has 1 aromatic heterocycles. The van der Waals surface area contributed by atoms with E-state index in [0.29, 0.717) is 5.91 Å². The molecule has 1 unspecified atom stereocenters. The predicted molar refractivity (Wildman–Crippen MR) is 93.0 cm³/mol. The van der Waals surface area contributed by atoms with Gasteiger partial charge in [0.2, 0.25) is 11.8 Å². The van der Waals surface area contributed by atoms with Gasteiger partial charge in [-0.15, -0.1) is 11.3 Å². The van der Waals surface area contributed by atoms with Crippen molar-refractivity contribution in [3.8, 4) is 0 Å². The Balaban J connectivity index is 1.38. The molecule has 1 atom stereocenters. The van der Waals surface area contributed by atoms with Crippen molar-refractivity contribution in [2.45, 2.75) is 38.5 Å². The first-order valence-electron chi connectivity index (χ1n) is 8.93. The van der Waals surface area contributed by atoms with E-state index in [1.165, 1.54) is 11.3 Å². The summed E-state index contributed by atoms with van der Waals surface area (Å²) >= 11 is 1.70. The highest BCUT2D eigenvalue weighted by molar-refractivity contribution is 7.15. The van der Waals surface area contributed by atoms with Gasteiger partial charge in [-0.25, -0.2) is 4.98 Å². The van der Waals surface area contributed by atoms with Crippen LogP contribution in [0.2, 0.25) is 0 Å². The fourth-order valence-electron chi connectivity index (χ4n) is 3.77. The van der Waals surface area contributed by atoms with E-state index in [4.69, 9.17) is 10.7 Å². The van der Waals surface area contributed by atoms with E-state index in [1.807, 2.05) is 4.90 Å². The van der Waals surface area contributed by atoms with E-state index in [0.717, 1.165) is 69.1 Å². The number of thiazole rings is 1. The van der Waals surface area contributed by atoms with Gasteiger partial charge in [-0.2, -0.15) is 0 Å². The van der Waals surface area contributed by atoms with Crippen molar-refractivity contribution in [1.29, 1.82) is 0 Å². The SMILES string of the molecule is NC(=O)C1CCc2nc(N3CCN(C(=O)C4CCC4)CC3)sc2C1. The smallest absolute Gasteiger partial charge is 0.225 e. The second kappa shape index (κ2) is 6.35. The minimum Gasteiger partial charge on any atom is -0.369 e. The van der Waals surface area contributed by atoms with Crippen LogP contribution in [0.1, 0.15) is 36.3 Å². The summed E-state index contributed by atoms with van der Waals surface area (Å²) in [5.74, 6) is 0.402. The van der Waals surface area contributed by atoms with Crippen LogP contribution in [0.5, 0.6) is 0 Å². The maximum absolute atomic E-state index is 12.3. The van der Waals surface area contributed by atoms with Gasteiger partial charge in [-0.05, 0) is 32.1 Å². The third kappa shape index (κ3) is 2.90. The molecule has 2 N–H and O–H groups in total. The van der Waals surface area contributed by atoms with Crippen LogP contribution < -0.4 is 10.6 Å². The predicted octanol–water partition coefficient (Wildman–Crippen LogP) is 1.18. The molecule has 1 aliphatic heterocycles. The maximum atomic E-state index is 12.3. The summed E-state index contributed by atoms with van der Waals surface area (Å²) < 4.78 is 0. The lowest BCUT2D eigenvalue weighted by atomic mass is 9.84. The molecule has 0 radical (unpaired) electrons. The highest BCUT2D eigenvalue weighted by Gasteiger charge is 2.32. The van der Waals surface area contributed by atoms with Crippen LogP contribution in [0.3, 0.4) is 0 Å². The summed E-state index contributed by atoms with van der Waals surface area (Å²) in [6, 6.07) is 0. The van der Waals surface area contributed by atoms with Crippen molar-refractivity contribution in [2.75, 3.05) is 31.1 Å². The quantitative estimate of drug-likeness (QED) is 0.890. The van der Waals surface area contributed by atoms with Gasteiger partial charge in [0.15, 0.2) is 5.13 Å². The molecule has 0 spiro atoms. The monoisotopic (exact) mass is 348 g/mol. The Morgan fingerprint density at radius 3 is 2.46 bits per heavy atom. The van der Waals surface area contributed by atoms with Gasteiger partial charge in [0.05, 0.1) is 5.69 Å². The number of carbonyl (C=O) groups is 2. The number of hydrogen-bond acceptors (Lipinski definition) is 5. The van der Waals surface area contributed by atoms with Crippen LogP contribution >= 0.6 is 11.3 Å². The number of aromatic nitrogens is 1. The number of anilines is 1. The van der Waals surface area contributed by atoms with Crippen molar-refractivity contribution in [2.24, 2.45) is 17.6 Å². The van der Waals surface area contributed by atoms with Crippen molar-refractivity contribution in [1.82, 2.24) is 9.88 Å². The molecule has 0 bridgehead atoms. The Bertz CT molecular complexity index is 647. The molecule has 1 saturated heterocycles. The number of fused-ring (bicyclic) bond motifs is 1. The first kappa shape index (κ1) is 15.9. The van der Waals surface area contributed by atoms with E-state index in [1.54, 1.807) is 11.3 Å². The molecule has 1 saturated carbocycles. The van der Waals surface area contributed by atoms with Gasteiger partial charge in [0, 0.05) is 42.9 Å². The standard InChI is InChI=1S/C17H24N4O2S/c18-15(22)12-4-5-13-14(10-12)24-17(19-13)21-8-6-20(7-9-21)16(23)11-2-1-3-11/h11-12H,1-10H2,(H2,18,22). The second-order valence-corrected chi connectivity index (χ2v) is 8.21. The summed E-state index contributed by atoms with van der Waals surface area (Å²) in [6.07, 6.45) is 5.74. The Labute approximate surface area is 146 Å². The molecule has 1 aromatic rings. The first-order chi connectivity index (χ1) is 11.6. The molecule has 3 aliphatic rings. The van der Waals surface area contributed by atoms with E-state index < -0.39 is 0 Å². The lowest BCUT2D eigenvalue weighted by Gasteiger charge is -2.38. The average molecular weight is 348 g/mol. The number of piperazine rings is 1. The Morgan fingerprint density at radius 2 is 1.83 bits per heavy atom. The van der Waals surface area contributed by atoms with Crippen LogP contribution in [-0.4, -0.2) is 47.9 Å². The molecule has 24 heavy (non-hydrogen) atoms. The average Bonchev–Trinajstić information content (AvgIpc) is 2.96. The Morgan fingerprint density at radius 1 is 1.08 bits per heavy atom. The highest BCUT2D eigenvalue weighted by atomic mass is 32.1. The van der Waals surface area contributed by atoms with Gasteiger partial charge in [0.25, 0.3) is 0 Å². The number of primary amides is 1. The number of nitrogens with zero attached hydrogens (tertiary/aromatic N) is 3. The van der Waals surface area contributed by atoms with E-state index in [9.17, 15) is 9.59 Å². The molecule has 7 heteroatoms. The zero-order valence-corrected chi connectivity index (χ0v) is 14.7. The fraction of sp³-hybridized carbons (Fsp3) is 0.706. The molecular formula is C17H24N4O2S. The molecule has 4 rings (SSSR count). The molecular weight excluding hydrogens is 324 g/mol. The molecule has 2 fully saturated rings. The number of rotatable bonds is 3. The number of amides is 2.